The topological polar surface area (TPSA) is 132 Å². The van der Waals surface area contributed by atoms with Crippen LogP contribution in [0.15, 0.2) is 73.2 Å². The fourth-order valence-corrected chi connectivity index (χ4v) is 4.79. The van der Waals surface area contributed by atoms with Crippen LogP contribution in [0.3, 0.4) is 0 Å². The van der Waals surface area contributed by atoms with Crippen molar-refractivity contribution in [2.45, 2.75) is 39.0 Å². The molecule has 4 aromatic rings. The lowest BCUT2D eigenvalue weighted by Crippen LogP contribution is -2.38. The standard InChI is InChI=1S/C32H36N6O5/c1-4-41-25-12-7-15-34-30(25)42-21-22-9-8-16-38(20-22)28-19-33-18-27(36-28)35-26-13-6-14-29(37-26)43-24-11-5-10-23(17-24)32(2,3)31(39)40/h5-7,10-15,17-19,22H,4,8-9,16,20-21H2,1-3H3,(H,39,40)(H,35,36,37)/t22-/m1/s1. The lowest BCUT2D eigenvalue weighted by molar-refractivity contribution is -0.142. The fraction of sp³-hybridized carbons (Fsp3) is 0.344. The van der Waals surface area contributed by atoms with E-state index in [1.54, 1.807) is 62.8 Å². The van der Waals surface area contributed by atoms with Gasteiger partial charge in [-0.1, -0.05) is 18.2 Å². The Labute approximate surface area is 250 Å². The van der Waals surface area contributed by atoms with Gasteiger partial charge in [-0.15, -0.1) is 0 Å². The molecule has 43 heavy (non-hydrogen) atoms. The second-order valence-electron chi connectivity index (χ2n) is 10.8. The van der Waals surface area contributed by atoms with Gasteiger partial charge < -0.3 is 29.5 Å². The lowest BCUT2D eigenvalue weighted by Gasteiger charge is -2.33. The van der Waals surface area contributed by atoms with Gasteiger partial charge in [-0.05, 0) is 69.5 Å². The predicted octanol–water partition coefficient (Wildman–Crippen LogP) is 5.86. The average Bonchev–Trinajstić information content (AvgIpc) is 3.01. The molecule has 1 atom stereocenters. The minimum absolute atomic E-state index is 0.304. The molecule has 11 nitrogen and oxygen atoms in total. The molecule has 1 aliphatic heterocycles. The molecule has 0 aliphatic carbocycles. The van der Waals surface area contributed by atoms with Gasteiger partial charge in [0.1, 0.15) is 17.4 Å². The van der Waals surface area contributed by atoms with Crippen molar-refractivity contribution >= 4 is 23.4 Å². The molecule has 3 aromatic heterocycles. The molecule has 0 amide bonds. The average molecular weight is 585 g/mol. The molecule has 0 radical (unpaired) electrons. The Morgan fingerprint density at radius 2 is 1.93 bits per heavy atom. The molecule has 0 saturated carbocycles. The Morgan fingerprint density at radius 1 is 1.07 bits per heavy atom. The van der Waals surface area contributed by atoms with Crippen LogP contribution in [0.5, 0.6) is 23.3 Å². The number of nitrogens with one attached hydrogen (secondary N) is 1. The van der Waals surface area contributed by atoms with E-state index in [2.05, 4.69) is 25.2 Å². The van der Waals surface area contributed by atoms with Crippen LogP contribution in [0.25, 0.3) is 0 Å². The number of carboxylic acid groups (broad SMARTS) is 1. The highest BCUT2D eigenvalue weighted by Crippen LogP contribution is 2.30. The van der Waals surface area contributed by atoms with E-state index in [0.717, 1.165) is 31.7 Å². The summed E-state index contributed by atoms with van der Waals surface area (Å²) in [7, 11) is 0. The van der Waals surface area contributed by atoms with Crippen LogP contribution < -0.4 is 24.4 Å². The van der Waals surface area contributed by atoms with E-state index in [-0.39, 0.29) is 0 Å². The summed E-state index contributed by atoms with van der Waals surface area (Å²) in [5.74, 6) is 3.29. The highest BCUT2D eigenvalue weighted by atomic mass is 16.5. The zero-order valence-corrected chi connectivity index (χ0v) is 24.6. The Bertz CT molecular complexity index is 1550. The minimum atomic E-state index is -1.05. The van der Waals surface area contributed by atoms with Crippen LogP contribution in [0, 0.1) is 5.92 Å². The number of aromatic nitrogens is 4. The van der Waals surface area contributed by atoms with Gasteiger partial charge in [0.25, 0.3) is 5.88 Å². The Kier molecular flexibility index (Phi) is 9.19. The largest absolute Gasteiger partial charge is 0.488 e. The third-order valence-corrected chi connectivity index (χ3v) is 7.25. The first kappa shape index (κ1) is 29.6. The van der Waals surface area contributed by atoms with Crippen LogP contribution >= 0.6 is 0 Å². The quantitative estimate of drug-likeness (QED) is 0.208. The zero-order valence-electron chi connectivity index (χ0n) is 24.6. The molecule has 2 N–H and O–H groups in total. The van der Waals surface area contributed by atoms with Gasteiger partial charge in [0.15, 0.2) is 11.6 Å². The highest BCUT2D eigenvalue weighted by Gasteiger charge is 2.29. The van der Waals surface area contributed by atoms with Crippen molar-refractivity contribution in [2.75, 3.05) is 36.5 Å². The minimum Gasteiger partial charge on any atom is -0.488 e. The number of carboxylic acids is 1. The fourth-order valence-electron chi connectivity index (χ4n) is 4.79. The number of benzene rings is 1. The molecule has 5 rings (SSSR count). The summed E-state index contributed by atoms with van der Waals surface area (Å²) in [5.41, 5.74) is -0.412. The molecule has 11 heteroatoms. The normalized spacial score (nSPS) is 15.0. The van der Waals surface area contributed by atoms with Crippen LogP contribution in [0.4, 0.5) is 17.5 Å². The molecule has 1 saturated heterocycles. The Hall–Kier alpha value is -4.93. The van der Waals surface area contributed by atoms with Crippen LogP contribution in [-0.2, 0) is 10.2 Å². The number of pyridine rings is 2. The van der Waals surface area contributed by atoms with Crippen molar-refractivity contribution in [3.63, 3.8) is 0 Å². The first-order valence-electron chi connectivity index (χ1n) is 14.4. The SMILES string of the molecule is CCOc1cccnc1OC[C@@H]1CCCN(c2cncc(Nc3cccc(Oc4cccc(C(C)(C)C(=O)O)c4)n3)n2)C1. The number of nitrogens with zero attached hydrogens (tertiary/aromatic N) is 5. The smallest absolute Gasteiger partial charge is 0.313 e. The van der Waals surface area contributed by atoms with Crippen LogP contribution in [0.1, 0.15) is 39.2 Å². The molecule has 224 valence electrons. The van der Waals surface area contributed by atoms with E-state index in [4.69, 9.17) is 19.2 Å². The number of carbonyl (C=O) groups is 1. The number of anilines is 3. The van der Waals surface area contributed by atoms with Gasteiger partial charge in [0.05, 0.1) is 31.0 Å². The maximum absolute atomic E-state index is 11.7. The molecule has 1 aromatic carbocycles. The van der Waals surface area contributed by atoms with Gasteiger partial charge in [-0.2, -0.15) is 4.98 Å². The zero-order chi connectivity index (χ0) is 30.2. The van der Waals surface area contributed by atoms with Crippen molar-refractivity contribution in [2.24, 2.45) is 5.92 Å². The van der Waals surface area contributed by atoms with E-state index in [1.807, 2.05) is 31.2 Å². The molecule has 4 heterocycles. The van der Waals surface area contributed by atoms with Crippen LogP contribution in [-0.4, -0.2) is 57.3 Å². The molecular formula is C32H36N6O5. The predicted molar refractivity (Wildman–Crippen MR) is 163 cm³/mol. The molecule has 1 aliphatic rings. The van der Waals surface area contributed by atoms with Crippen molar-refractivity contribution in [1.82, 2.24) is 19.9 Å². The molecule has 0 unspecified atom stereocenters. The monoisotopic (exact) mass is 584 g/mol. The second-order valence-corrected chi connectivity index (χ2v) is 10.8. The Balaban J connectivity index is 1.22. The molecule has 0 bridgehead atoms. The van der Waals surface area contributed by atoms with Gasteiger partial charge in [0.2, 0.25) is 5.88 Å². The second kappa shape index (κ2) is 13.4. The van der Waals surface area contributed by atoms with E-state index in [9.17, 15) is 9.90 Å². The third-order valence-electron chi connectivity index (χ3n) is 7.25. The third kappa shape index (κ3) is 7.48. The maximum Gasteiger partial charge on any atom is 0.313 e. The van der Waals surface area contributed by atoms with Crippen molar-refractivity contribution in [1.29, 1.82) is 0 Å². The first-order chi connectivity index (χ1) is 20.8. The summed E-state index contributed by atoms with van der Waals surface area (Å²) in [6.07, 6.45) is 7.18. The molecule has 0 spiro atoms. The lowest BCUT2D eigenvalue weighted by atomic mass is 9.85. The van der Waals surface area contributed by atoms with E-state index in [0.29, 0.717) is 59.6 Å². The summed E-state index contributed by atoms with van der Waals surface area (Å²) in [6.45, 7) is 8.00. The van der Waals surface area contributed by atoms with E-state index >= 15 is 0 Å². The number of aliphatic carboxylic acids is 1. The first-order valence-corrected chi connectivity index (χ1v) is 14.4. The highest BCUT2D eigenvalue weighted by molar-refractivity contribution is 5.80. The summed E-state index contributed by atoms with van der Waals surface area (Å²) >= 11 is 0. The summed E-state index contributed by atoms with van der Waals surface area (Å²) in [5, 5.41) is 12.8. The van der Waals surface area contributed by atoms with Crippen molar-refractivity contribution < 1.29 is 24.1 Å². The summed E-state index contributed by atoms with van der Waals surface area (Å²) in [4.78, 5) is 32.0. The van der Waals surface area contributed by atoms with E-state index in [1.165, 1.54) is 0 Å². The summed E-state index contributed by atoms with van der Waals surface area (Å²) < 4.78 is 17.6. The number of piperidine rings is 1. The van der Waals surface area contributed by atoms with E-state index < -0.39 is 11.4 Å². The van der Waals surface area contributed by atoms with Crippen LogP contribution in [0.2, 0.25) is 0 Å². The van der Waals surface area contributed by atoms with Gasteiger partial charge in [-0.3, -0.25) is 9.78 Å². The number of hydrogen-bond donors (Lipinski definition) is 2. The van der Waals surface area contributed by atoms with Crippen molar-refractivity contribution in [3.8, 4) is 23.3 Å². The van der Waals surface area contributed by atoms with Gasteiger partial charge >= 0.3 is 5.97 Å². The number of rotatable bonds is 12. The van der Waals surface area contributed by atoms with Gasteiger partial charge in [-0.25, -0.2) is 9.97 Å². The molecular weight excluding hydrogens is 548 g/mol. The molecule has 1 fully saturated rings. The number of ether oxygens (including phenoxy) is 3. The maximum atomic E-state index is 11.7. The van der Waals surface area contributed by atoms with Crippen molar-refractivity contribution in [3.05, 3.63) is 78.8 Å². The Morgan fingerprint density at radius 3 is 2.77 bits per heavy atom. The van der Waals surface area contributed by atoms with Gasteiger partial charge in [0, 0.05) is 31.3 Å². The number of hydrogen-bond acceptors (Lipinski definition) is 10. The summed E-state index contributed by atoms with van der Waals surface area (Å²) in [6, 6.07) is 16.1.